The Labute approximate surface area is 101 Å². The highest BCUT2D eigenvalue weighted by Gasteiger charge is 2.44. The van der Waals surface area contributed by atoms with Crippen molar-refractivity contribution in [2.75, 3.05) is 13.2 Å². The predicted octanol–water partition coefficient (Wildman–Crippen LogP) is 0.766. The highest BCUT2D eigenvalue weighted by Crippen LogP contribution is 2.23. The number of piperidine rings is 1. The van der Waals surface area contributed by atoms with Crippen LogP contribution in [0, 0.1) is 5.92 Å². The zero-order valence-corrected chi connectivity index (χ0v) is 10.8. The van der Waals surface area contributed by atoms with Crippen molar-refractivity contribution < 1.29 is 19.1 Å². The van der Waals surface area contributed by atoms with Crippen LogP contribution in [0.4, 0.5) is 0 Å². The summed E-state index contributed by atoms with van der Waals surface area (Å²) < 4.78 is 4.78. The van der Waals surface area contributed by atoms with E-state index in [1.54, 1.807) is 11.8 Å². The quantitative estimate of drug-likeness (QED) is 0.529. The van der Waals surface area contributed by atoms with Gasteiger partial charge in [0.05, 0.1) is 6.61 Å². The normalized spacial score (nSPS) is 21.6. The molecule has 1 amide bonds. The first-order chi connectivity index (χ1) is 7.79. The van der Waals surface area contributed by atoms with E-state index in [1.807, 2.05) is 20.8 Å². The van der Waals surface area contributed by atoms with Crippen LogP contribution < -0.4 is 0 Å². The number of rotatable bonds is 2. The second kappa shape index (κ2) is 4.85. The number of nitrogens with zero attached hydrogens (tertiary/aromatic N) is 1. The van der Waals surface area contributed by atoms with Crippen molar-refractivity contribution in [2.45, 2.75) is 39.7 Å². The Morgan fingerprint density at radius 3 is 2.47 bits per heavy atom. The van der Waals surface area contributed by atoms with E-state index in [9.17, 15) is 14.4 Å². The number of hydrogen-bond donors (Lipinski definition) is 0. The lowest BCUT2D eigenvalue weighted by molar-refractivity contribution is -0.163. The molecule has 5 heteroatoms. The van der Waals surface area contributed by atoms with Gasteiger partial charge in [0.25, 0.3) is 0 Å². The van der Waals surface area contributed by atoms with E-state index >= 15 is 0 Å². The van der Waals surface area contributed by atoms with Gasteiger partial charge in [-0.1, -0.05) is 0 Å². The highest BCUT2D eigenvalue weighted by molar-refractivity contribution is 6.18. The number of carbonyl (C=O) groups excluding carboxylic acids is 3. The summed E-state index contributed by atoms with van der Waals surface area (Å²) in [6.07, 6.45) is 0.215. The zero-order valence-electron chi connectivity index (χ0n) is 10.8. The predicted molar refractivity (Wildman–Crippen MR) is 61.2 cm³/mol. The summed E-state index contributed by atoms with van der Waals surface area (Å²) in [6, 6.07) is 0. The van der Waals surface area contributed by atoms with Gasteiger partial charge in [-0.25, -0.2) is 0 Å². The minimum atomic E-state index is -1.26. The Morgan fingerprint density at radius 1 is 1.41 bits per heavy atom. The van der Waals surface area contributed by atoms with Crippen LogP contribution in [0.2, 0.25) is 0 Å². The molecule has 0 saturated carbocycles. The van der Waals surface area contributed by atoms with Gasteiger partial charge in [-0.15, -0.1) is 0 Å². The van der Waals surface area contributed by atoms with Gasteiger partial charge in [0.2, 0.25) is 5.91 Å². The fraction of sp³-hybridized carbons (Fsp3) is 0.750. The summed E-state index contributed by atoms with van der Waals surface area (Å²) in [6.45, 7) is 7.83. The summed E-state index contributed by atoms with van der Waals surface area (Å²) in [7, 11) is 0. The van der Waals surface area contributed by atoms with E-state index in [1.165, 1.54) is 0 Å². The van der Waals surface area contributed by atoms with Crippen molar-refractivity contribution >= 4 is 17.7 Å². The number of likely N-dealkylation sites (tertiary alicyclic amines) is 1. The van der Waals surface area contributed by atoms with E-state index in [0.29, 0.717) is 6.54 Å². The molecule has 1 aliphatic heterocycles. The molecule has 0 aromatic carbocycles. The number of esters is 1. The van der Waals surface area contributed by atoms with Gasteiger partial charge in [0.15, 0.2) is 11.7 Å². The first-order valence-corrected chi connectivity index (χ1v) is 5.80. The summed E-state index contributed by atoms with van der Waals surface area (Å²) in [5.74, 6) is -2.76. The molecule has 0 aromatic heterocycles. The van der Waals surface area contributed by atoms with Crippen LogP contribution in [-0.4, -0.2) is 41.3 Å². The van der Waals surface area contributed by atoms with E-state index in [4.69, 9.17) is 4.74 Å². The van der Waals surface area contributed by atoms with Crippen molar-refractivity contribution in [1.29, 1.82) is 0 Å². The smallest absolute Gasteiger partial charge is 0.326 e. The molecule has 1 aliphatic rings. The number of amides is 1. The summed E-state index contributed by atoms with van der Waals surface area (Å²) in [5.41, 5.74) is -0.386. The molecule has 0 N–H and O–H groups in total. The van der Waals surface area contributed by atoms with Crippen LogP contribution in [0.3, 0.4) is 0 Å². The van der Waals surface area contributed by atoms with Gasteiger partial charge in [0, 0.05) is 18.5 Å². The average molecular weight is 241 g/mol. The van der Waals surface area contributed by atoms with Gasteiger partial charge in [0.1, 0.15) is 0 Å². The second-order valence-electron chi connectivity index (χ2n) is 5.06. The maximum atomic E-state index is 12.1. The van der Waals surface area contributed by atoms with E-state index in [-0.39, 0.29) is 24.3 Å². The zero-order chi connectivity index (χ0) is 13.2. The van der Waals surface area contributed by atoms with E-state index < -0.39 is 17.8 Å². The molecule has 17 heavy (non-hydrogen) atoms. The summed E-state index contributed by atoms with van der Waals surface area (Å²) in [5, 5.41) is 0. The largest absolute Gasteiger partial charge is 0.465 e. The van der Waals surface area contributed by atoms with Crippen LogP contribution in [0.5, 0.6) is 0 Å². The SMILES string of the molecule is CCOC(=O)C1C(=O)CCN(C(C)(C)C)C1=O. The van der Waals surface area contributed by atoms with Gasteiger partial charge in [-0.3, -0.25) is 14.4 Å². The first kappa shape index (κ1) is 13.7. The molecule has 0 radical (unpaired) electrons. The summed E-state index contributed by atoms with van der Waals surface area (Å²) >= 11 is 0. The van der Waals surface area contributed by atoms with Crippen LogP contribution in [-0.2, 0) is 19.1 Å². The third-order valence-corrected chi connectivity index (χ3v) is 2.75. The third kappa shape index (κ3) is 2.84. The van der Waals surface area contributed by atoms with Crippen LogP contribution >= 0.6 is 0 Å². The number of Topliss-reactive ketones (excluding diaryl/α,β-unsaturated/α-hetero) is 1. The standard InChI is InChI=1S/C12H19NO4/c1-5-17-11(16)9-8(14)6-7-13(10(9)15)12(2,3)4/h9H,5-7H2,1-4H3. The molecule has 1 atom stereocenters. The molecular weight excluding hydrogens is 222 g/mol. The Kier molecular flexibility index (Phi) is 3.91. The number of ketones is 1. The molecule has 1 saturated heterocycles. The van der Waals surface area contributed by atoms with Crippen molar-refractivity contribution in [2.24, 2.45) is 5.92 Å². The molecule has 0 spiro atoms. The molecule has 1 rings (SSSR count). The monoisotopic (exact) mass is 241 g/mol. The lowest BCUT2D eigenvalue weighted by Gasteiger charge is -2.40. The summed E-state index contributed by atoms with van der Waals surface area (Å²) in [4.78, 5) is 36.9. The van der Waals surface area contributed by atoms with Crippen LogP contribution in [0.15, 0.2) is 0 Å². The third-order valence-electron chi connectivity index (χ3n) is 2.75. The number of ether oxygens (including phenoxy) is 1. The molecule has 1 unspecified atom stereocenters. The molecular formula is C12H19NO4. The van der Waals surface area contributed by atoms with Crippen molar-refractivity contribution in [3.05, 3.63) is 0 Å². The Bertz CT molecular complexity index is 343. The lowest BCUT2D eigenvalue weighted by Crippen LogP contribution is -2.56. The van der Waals surface area contributed by atoms with Crippen molar-refractivity contribution in [1.82, 2.24) is 4.90 Å². The Hall–Kier alpha value is -1.39. The number of carbonyl (C=O) groups is 3. The maximum Gasteiger partial charge on any atom is 0.326 e. The molecule has 96 valence electrons. The van der Waals surface area contributed by atoms with Gasteiger partial charge >= 0.3 is 5.97 Å². The second-order valence-corrected chi connectivity index (χ2v) is 5.06. The molecule has 0 aliphatic carbocycles. The fourth-order valence-corrected chi connectivity index (χ4v) is 1.89. The number of hydrogen-bond acceptors (Lipinski definition) is 4. The van der Waals surface area contributed by atoms with Crippen LogP contribution in [0.1, 0.15) is 34.1 Å². The van der Waals surface area contributed by atoms with E-state index in [0.717, 1.165) is 0 Å². The van der Waals surface area contributed by atoms with Gasteiger partial charge in [-0.05, 0) is 27.7 Å². The van der Waals surface area contributed by atoms with Crippen molar-refractivity contribution in [3.8, 4) is 0 Å². The minimum absolute atomic E-state index is 0.172. The van der Waals surface area contributed by atoms with E-state index in [2.05, 4.69) is 0 Å². The minimum Gasteiger partial charge on any atom is -0.465 e. The molecule has 0 bridgehead atoms. The first-order valence-electron chi connectivity index (χ1n) is 5.80. The molecule has 0 aromatic rings. The van der Waals surface area contributed by atoms with Crippen LogP contribution in [0.25, 0.3) is 0 Å². The lowest BCUT2D eigenvalue weighted by atomic mass is 9.91. The van der Waals surface area contributed by atoms with Gasteiger partial charge in [-0.2, -0.15) is 0 Å². The van der Waals surface area contributed by atoms with Crippen molar-refractivity contribution in [3.63, 3.8) is 0 Å². The van der Waals surface area contributed by atoms with Gasteiger partial charge < -0.3 is 9.64 Å². The molecule has 1 fully saturated rings. The highest BCUT2D eigenvalue weighted by atomic mass is 16.5. The average Bonchev–Trinajstić information content (AvgIpc) is 2.15. The Balaban J connectivity index is 2.92. The fourth-order valence-electron chi connectivity index (χ4n) is 1.89. The molecule has 5 nitrogen and oxygen atoms in total. The molecule has 1 heterocycles. The maximum absolute atomic E-state index is 12.1. The Morgan fingerprint density at radius 2 is 2.00 bits per heavy atom. The topological polar surface area (TPSA) is 63.7 Å².